The second-order valence-electron chi connectivity index (χ2n) is 3.71. The molecular weight excluding hydrogens is 350 g/mol. The van der Waals surface area contributed by atoms with Gasteiger partial charge in [-0.15, -0.1) is 0 Å². The highest BCUT2D eigenvalue weighted by Gasteiger charge is 2.31. The minimum Gasteiger partial charge on any atom is -0.477 e. The number of aromatic carboxylic acids is 1. The third kappa shape index (κ3) is 1.98. The SMILES string of the molecule is Cc1onc(-c2c(F)c(F)c(Br)c(F)c2F)c1C(=O)O. The van der Waals surface area contributed by atoms with Crippen molar-refractivity contribution >= 4 is 21.9 Å². The van der Waals surface area contributed by atoms with Gasteiger partial charge >= 0.3 is 5.97 Å². The molecule has 20 heavy (non-hydrogen) atoms. The Morgan fingerprint density at radius 1 is 1.15 bits per heavy atom. The molecule has 2 rings (SSSR count). The van der Waals surface area contributed by atoms with Crippen molar-refractivity contribution in [1.29, 1.82) is 0 Å². The van der Waals surface area contributed by atoms with Crippen LogP contribution in [0.1, 0.15) is 16.1 Å². The van der Waals surface area contributed by atoms with Gasteiger partial charge in [-0.25, -0.2) is 22.4 Å². The summed E-state index contributed by atoms with van der Waals surface area (Å²) < 4.78 is 57.8. The first-order valence-corrected chi connectivity index (χ1v) is 5.78. The van der Waals surface area contributed by atoms with Crippen molar-refractivity contribution in [3.05, 3.63) is 39.1 Å². The number of carboxylic acids is 1. The van der Waals surface area contributed by atoms with Crippen LogP contribution in [0.15, 0.2) is 9.00 Å². The Bertz CT molecular complexity index is 700. The van der Waals surface area contributed by atoms with Gasteiger partial charge in [-0.3, -0.25) is 0 Å². The van der Waals surface area contributed by atoms with E-state index in [1.807, 2.05) is 0 Å². The van der Waals surface area contributed by atoms with Gasteiger partial charge in [-0.1, -0.05) is 5.16 Å². The standard InChI is InChI=1S/C11H4BrF4NO3/c1-2-3(11(18)19)10(17-20-2)4-6(13)8(15)5(12)9(16)7(4)14/h1H3,(H,18,19). The van der Waals surface area contributed by atoms with Gasteiger partial charge in [-0.05, 0) is 22.9 Å². The number of nitrogens with zero attached hydrogens (tertiary/aromatic N) is 1. The number of carboxylic acid groups (broad SMARTS) is 1. The lowest BCUT2D eigenvalue weighted by molar-refractivity contribution is 0.0695. The lowest BCUT2D eigenvalue weighted by atomic mass is 10.0. The maximum absolute atomic E-state index is 13.8. The average Bonchev–Trinajstić information content (AvgIpc) is 2.76. The molecule has 1 heterocycles. The van der Waals surface area contributed by atoms with Crippen molar-refractivity contribution in [3.8, 4) is 11.3 Å². The molecule has 0 unspecified atom stereocenters. The third-order valence-corrected chi connectivity index (χ3v) is 3.22. The number of benzene rings is 1. The highest BCUT2D eigenvalue weighted by molar-refractivity contribution is 9.10. The molecule has 1 aromatic carbocycles. The molecule has 1 aromatic heterocycles. The first kappa shape index (κ1) is 14.5. The van der Waals surface area contributed by atoms with Gasteiger partial charge < -0.3 is 9.63 Å². The Kier molecular flexibility index (Phi) is 3.55. The predicted octanol–water partition coefficient (Wildman–Crippen LogP) is 3.67. The number of hydrogen-bond acceptors (Lipinski definition) is 3. The molecule has 2 aromatic rings. The summed E-state index contributed by atoms with van der Waals surface area (Å²) in [6.45, 7) is 1.18. The summed E-state index contributed by atoms with van der Waals surface area (Å²) in [5.41, 5.74) is -2.74. The van der Waals surface area contributed by atoms with Gasteiger partial charge in [0.2, 0.25) is 0 Å². The summed E-state index contributed by atoms with van der Waals surface area (Å²) in [5, 5.41) is 12.1. The van der Waals surface area contributed by atoms with Crippen molar-refractivity contribution in [1.82, 2.24) is 5.16 Å². The second-order valence-corrected chi connectivity index (χ2v) is 4.51. The van der Waals surface area contributed by atoms with Crippen molar-refractivity contribution in [3.63, 3.8) is 0 Å². The van der Waals surface area contributed by atoms with Crippen LogP contribution in [0.25, 0.3) is 11.3 Å². The fourth-order valence-electron chi connectivity index (χ4n) is 1.61. The van der Waals surface area contributed by atoms with Gasteiger partial charge in [-0.2, -0.15) is 0 Å². The monoisotopic (exact) mass is 353 g/mol. The summed E-state index contributed by atoms with van der Waals surface area (Å²) in [6, 6.07) is 0. The van der Waals surface area contributed by atoms with E-state index in [0.29, 0.717) is 0 Å². The lowest BCUT2D eigenvalue weighted by Crippen LogP contribution is -2.05. The van der Waals surface area contributed by atoms with E-state index in [2.05, 4.69) is 25.6 Å². The summed E-state index contributed by atoms with van der Waals surface area (Å²) in [4.78, 5) is 11.0. The number of hydrogen-bond donors (Lipinski definition) is 1. The van der Waals surface area contributed by atoms with Crippen LogP contribution in [0.2, 0.25) is 0 Å². The molecule has 0 saturated heterocycles. The largest absolute Gasteiger partial charge is 0.477 e. The van der Waals surface area contributed by atoms with E-state index in [9.17, 15) is 22.4 Å². The van der Waals surface area contributed by atoms with Crippen LogP contribution in [0, 0.1) is 30.2 Å². The van der Waals surface area contributed by atoms with E-state index in [4.69, 9.17) is 5.11 Å². The zero-order chi connectivity index (χ0) is 15.2. The molecule has 0 spiro atoms. The van der Waals surface area contributed by atoms with E-state index in [1.54, 1.807) is 0 Å². The molecule has 0 aliphatic heterocycles. The van der Waals surface area contributed by atoms with E-state index < -0.39 is 50.5 Å². The average molecular weight is 354 g/mol. The van der Waals surface area contributed by atoms with Crippen LogP contribution in [0.3, 0.4) is 0 Å². The fraction of sp³-hybridized carbons (Fsp3) is 0.0909. The minimum atomic E-state index is -1.77. The number of aromatic nitrogens is 1. The summed E-state index contributed by atoms with van der Waals surface area (Å²) in [7, 11) is 0. The van der Waals surface area contributed by atoms with E-state index in [0.717, 1.165) is 0 Å². The lowest BCUT2D eigenvalue weighted by Gasteiger charge is -2.07. The first-order valence-electron chi connectivity index (χ1n) is 4.98. The van der Waals surface area contributed by atoms with Crippen LogP contribution in [0.5, 0.6) is 0 Å². The van der Waals surface area contributed by atoms with Crippen molar-refractivity contribution in [2.45, 2.75) is 6.92 Å². The van der Waals surface area contributed by atoms with Gasteiger partial charge in [0.05, 0.1) is 10.0 Å². The summed E-state index contributed by atoms with van der Waals surface area (Å²) in [6.07, 6.45) is 0. The maximum Gasteiger partial charge on any atom is 0.341 e. The molecule has 0 amide bonds. The number of rotatable bonds is 2. The Hall–Kier alpha value is -1.90. The van der Waals surface area contributed by atoms with Crippen LogP contribution < -0.4 is 0 Å². The third-order valence-electron chi connectivity index (χ3n) is 2.52. The highest BCUT2D eigenvalue weighted by atomic mass is 79.9. The predicted molar refractivity (Wildman–Crippen MR) is 61.2 cm³/mol. The molecule has 0 atom stereocenters. The number of aryl methyl sites for hydroxylation is 1. The van der Waals surface area contributed by atoms with Crippen LogP contribution in [-0.2, 0) is 0 Å². The molecule has 0 fully saturated rings. The second kappa shape index (κ2) is 4.89. The van der Waals surface area contributed by atoms with Gasteiger partial charge in [0.15, 0.2) is 23.3 Å². The Balaban J connectivity index is 2.88. The molecular formula is C11H4BrF4NO3. The topological polar surface area (TPSA) is 63.3 Å². The minimum absolute atomic E-state index is 0.255. The molecule has 9 heteroatoms. The first-order chi connectivity index (χ1) is 9.27. The Morgan fingerprint density at radius 2 is 1.65 bits per heavy atom. The van der Waals surface area contributed by atoms with Crippen LogP contribution in [-0.4, -0.2) is 16.2 Å². The molecule has 0 radical (unpaired) electrons. The highest BCUT2D eigenvalue weighted by Crippen LogP contribution is 2.36. The zero-order valence-electron chi connectivity index (χ0n) is 9.60. The molecule has 0 aliphatic rings. The molecule has 0 bridgehead atoms. The quantitative estimate of drug-likeness (QED) is 0.508. The van der Waals surface area contributed by atoms with Crippen molar-refractivity contribution < 1.29 is 32.0 Å². The van der Waals surface area contributed by atoms with E-state index >= 15 is 0 Å². The summed E-state index contributed by atoms with van der Waals surface area (Å²) >= 11 is 2.35. The van der Waals surface area contributed by atoms with Crippen LogP contribution in [0.4, 0.5) is 17.6 Å². The maximum atomic E-state index is 13.8. The fourth-order valence-corrected chi connectivity index (χ4v) is 1.96. The molecule has 4 nitrogen and oxygen atoms in total. The smallest absolute Gasteiger partial charge is 0.341 e. The van der Waals surface area contributed by atoms with Crippen molar-refractivity contribution in [2.24, 2.45) is 0 Å². The zero-order valence-corrected chi connectivity index (χ0v) is 11.2. The summed E-state index contributed by atoms with van der Waals surface area (Å²) in [5.74, 6) is -8.79. The number of carbonyl (C=O) groups is 1. The van der Waals surface area contributed by atoms with Gasteiger partial charge in [0.25, 0.3) is 0 Å². The van der Waals surface area contributed by atoms with E-state index in [-0.39, 0.29) is 5.76 Å². The van der Waals surface area contributed by atoms with Gasteiger partial charge in [0, 0.05) is 0 Å². The van der Waals surface area contributed by atoms with E-state index in [1.165, 1.54) is 6.92 Å². The molecule has 1 N–H and O–H groups in total. The molecule has 106 valence electrons. The Morgan fingerprint density at radius 3 is 2.10 bits per heavy atom. The Labute approximate surface area is 117 Å². The van der Waals surface area contributed by atoms with Gasteiger partial charge in [0.1, 0.15) is 17.0 Å². The molecule has 0 aliphatic carbocycles. The molecule has 0 saturated carbocycles. The van der Waals surface area contributed by atoms with Crippen molar-refractivity contribution in [2.75, 3.05) is 0 Å². The van der Waals surface area contributed by atoms with Crippen LogP contribution >= 0.6 is 15.9 Å². The normalized spacial score (nSPS) is 10.9. The number of halogens is 5.